The molecule has 0 atom stereocenters. The average molecular weight is 432 g/mol. The van der Waals surface area contributed by atoms with Crippen LogP contribution in [-0.2, 0) is 0 Å². The highest BCUT2D eigenvalue weighted by Gasteiger charge is 2.20. The van der Waals surface area contributed by atoms with E-state index in [0.29, 0.717) is 23.6 Å². The van der Waals surface area contributed by atoms with Gasteiger partial charge in [-0.25, -0.2) is 4.39 Å². The Balaban J connectivity index is 1.18. The second kappa shape index (κ2) is 8.59. The molecule has 2 aromatic carbocycles. The summed E-state index contributed by atoms with van der Waals surface area (Å²) in [6, 6.07) is 16.4. The van der Waals surface area contributed by atoms with Gasteiger partial charge in [0.15, 0.2) is 5.76 Å². The van der Waals surface area contributed by atoms with Crippen LogP contribution < -0.4 is 10.2 Å². The molecule has 1 fully saturated rings. The number of hydrogen-bond donors (Lipinski definition) is 1. The van der Waals surface area contributed by atoms with Crippen molar-refractivity contribution in [3.63, 3.8) is 0 Å². The van der Waals surface area contributed by atoms with Crippen molar-refractivity contribution in [2.75, 3.05) is 44.2 Å². The number of anilines is 1. The van der Waals surface area contributed by atoms with Crippen LogP contribution in [-0.4, -0.2) is 55.1 Å². The van der Waals surface area contributed by atoms with E-state index in [1.807, 2.05) is 43.3 Å². The fourth-order valence-electron chi connectivity index (χ4n) is 4.31. The van der Waals surface area contributed by atoms with Gasteiger partial charge in [-0.3, -0.25) is 14.7 Å². The number of nitrogens with one attached hydrogen (secondary N) is 1. The van der Waals surface area contributed by atoms with Crippen LogP contribution in [0.3, 0.4) is 0 Å². The molecular formula is C25H25FN4O2. The van der Waals surface area contributed by atoms with E-state index >= 15 is 0 Å². The lowest BCUT2D eigenvalue weighted by Gasteiger charge is -2.36. The summed E-state index contributed by atoms with van der Waals surface area (Å²) in [5, 5.41) is 4.72. The van der Waals surface area contributed by atoms with Gasteiger partial charge in [-0.1, -0.05) is 24.3 Å². The van der Waals surface area contributed by atoms with Crippen LogP contribution in [0.25, 0.3) is 21.9 Å². The molecule has 1 N–H and O–H groups in total. The van der Waals surface area contributed by atoms with E-state index in [1.54, 1.807) is 12.1 Å². The Hall–Kier alpha value is -3.45. The van der Waals surface area contributed by atoms with Gasteiger partial charge in [-0.05, 0) is 37.3 Å². The third kappa shape index (κ3) is 3.91. The summed E-state index contributed by atoms with van der Waals surface area (Å²) >= 11 is 0. The minimum atomic E-state index is -0.227. The molecule has 1 amide bonds. The van der Waals surface area contributed by atoms with E-state index in [4.69, 9.17) is 4.42 Å². The summed E-state index contributed by atoms with van der Waals surface area (Å²) in [5.41, 5.74) is 3.05. The van der Waals surface area contributed by atoms with E-state index in [0.717, 1.165) is 54.7 Å². The van der Waals surface area contributed by atoms with Gasteiger partial charge in [0.2, 0.25) is 0 Å². The summed E-state index contributed by atoms with van der Waals surface area (Å²) in [6.07, 6.45) is 0. The Bertz CT molecular complexity index is 1280. The molecule has 3 heterocycles. The molecule has 5 rings (SSSR count). The molecule has 2 aromatic heterocycles. The Labute approximate surface area is 185 Å². The lowest BCUT2D eigenvalue weighted by atomic mass is 10.1. The number of para-hydroxylation sites is 2. The smallest absolute Gasteiger partial charge is 0.287 e. The lowest BCUT2D eigenvalue weighted by molar-refractivity contribution is 0.0922. The van der Waals surface area contributed by atoms with Crippen LogP contribution in [0, 0.1) is 12.7 Å². The zero-order valence-electron chi connectivity index (χ0n) is 18.0. The first kappa shape index (κ1) is 20.5. The second-order valence-corrected chi connectivity index (χ2v) is 8.10. The minimum absolute atomic E-state index is 0.183. The summed E-state index contributed by atoms with van der Waals surface area (Å²) in [6.45, 7) is 6.36. The summed E-state index contributed by atoms with van der Waals surface area (Å²) < 4.78 is 19.9. The standard InChI is InChI=1S/C25H25FN4O2/c1-17-19-16-23(32-24(19)18-6-2-4-8-21(18)28-17)25(31)27-10-11-29-12-14-30(15-13-29)22-9-5-3-7-20(22)26/h2-9,16H,10-15H2,1H3,(H,27,31). The number of aryl methyl sites for hydroxylation is 1. The SMILES string of the molecule is Cc1nc2ccccc2c2oc(C(=O)NCCN3CCN(c4ccccc4F)CC3)cc12. The molecule has 0 bridgehead atoms. The molecule has 0 radical (unpaired) electrons. The number of benzene rings is 2. The Morgan fingerprint density at radius 2 is 1.81 bits per heavy atom. The first-order chi connectivity index (χ1) is 15.6. The van der Waals surface area contributed by atoms with E-state index in [-0.39, 0.29) is 11.7 Å². The predicted molar refractivity (Wildman–Crippen MR) is 124 cm³/mol. The molecule has 0 spiro atoms. The van der Waals surface area contributed by atoms with Crippen LogP contribution in [0.5, 0.6) is 0 Å². The van der Waals surface area contributed by atoms with Gasteiger partial charge < -0.3 is 14.6 Å². The first-order valence-electron chi connectivity index (χ1n) is 10.9. The number of furan rings is 1. The van der Waals surface area contributed by atoms with Crippen molar-refractivity contribution >= 4 is 33.5 Å². The van der Waals surface area contributed by atoms with Gasteiger partial charge >= 0.3 is 0 Å². The molecule has 7 heteroatoms. The maximum Gasteiger partial charge on any atom is 0.287 e. The normalized spacial score (nSPS) is 14.9. The number of pyridine rings is 1. The molecule has 6 nitrogen and oxygen atoms in total. The summed E-state index contributed by atoms with van der Waals surface area (Å²) in [5.74, 6) is -0.113. The van der Waals surface area contributed by atoms with Gasteiger partial charge in [0.1, 0.15) is 11.4 Å². The number of piperazine rings is 1. The van der Waals surface area contributed by atoms with Crippen molar-refractivity contribution < 1.29 is 13.6 Å². The molecule has 1 saturated heterocycles. The van der Waals surface area contributed by atoms with Crippen molar-refractivity contribution in [3.05, 3.63) is 71.9 Å². The second-order valence-electron chi connectivity index (χ2n) is 8.10. The topological polar surface area (TPSA) is 61.6 Å². The number of carbonyl (C=O) groups excluding carboxylic acids is 1. The quantitative estimate of drug-likeness (QED) is 0.517. The minimum Gasteiger partial charge on any atom is -0.450 e. The number of fused-ring (bicyclic) bond motifs is 3. The number of amides is 1. The number of halogens is 1. The van der Waals surface area contributed by atoms with Gasteiger partial charge in [0, 0.05) is 55.7 Å². The largest absolute Gasteiger partial charge is 0.450 e. The van der Waals surface area contributed by atoms with E-state index in [2.05, 4.69) is 20.1 Å². The highest BCUT2D eigenvalue weighted by molar-refractivity contribution is 6.06. The molecule has 0 unspecified atom stereocenters. The van der Waals surface area contributed by atoms with Crippen molar-refractivity contribution in [3.8, 4) is 0 Å². The Morgan fingerprint density at radius 1 is 1.06 bits per heavy atom. The van der Waals surface area contributed by atoms with Crippen LogP contribution in [0.15, 0.2) is 59.0 Å². The maximum absolute atomic E-state index is 14.0. The third-order valence-corrected chi connectivity index (χ3v) is 6.06. The molecule has 4 aromatic rings. The molecule has 0 saturated carbocycles. The molecule has 1 aliphatic heterocycles. The van der Waals surface area contributed by atoms with Gasteiger partial charge in [0.05, 0.1) is 11.2 Å². The van der Waals surface area contributed by atoms with Gasteiger partial charge in [-0.2, -0.15) is 0 Å². The van der Waals surface area contributed by atoms with Crippen LogP contribution in [0.2, 0.25) is 0 Å². The molecule has 0 aliphatic carbocycles. The van der Waals surface area contributed by atoms with Crippen LogP contribution >= 0.6 is 0 Å². The maximum atomic E-state index is 14.0. The molecule has 32 heavy (non-hydrogen) atoms. The average Bonchev–Trinajstić information content (AvgIpc) is 3.27. The number of nitrogens with zero attached hydrogens (tertiary/aromatic N) is 3. The highest BCUT2D eigenvalue weighted by Crippen LogP contribution is 2.29. The van der Waals surface area contributed by atoms with Crippen LogP contribution in [0.1, 0.15) is 16.2 Å². The fraction of sp³-hybridized carbons (Fsp3) is 0.280. The monoisotopic (exact) mass is 432 g/mol. The van der Waals surface area contributed by atoms with Crippen molar-refractivity contribution in [1.82, 2.24) is 15.2 Å². The van der Waals surface area contributed by atoms with Gasteiger partial charge in [0.25, 0.3) is 5.91 Å². The first-order valence-corrected chi connectivity index (χ1v) is 10.9. The number of carbonyl (C=O) groups is 1. The predicted octanol–water partition coefficient (Wildman–Crippen LogP) is 3.98. The lowest BCUT2D eigenvalue weighted by Crippen LogP contribution is -2.48. The fourth-order valence-corrected chi connectivity index (χ4v) is 4.31. The van der Waals surface area contributed by atoms with E-state index in [9.17, 15) is 9.18 Å². The zero-order chi connectivity index (χ0) is 22.1. The van der Waals surface area contributed by atoms with E-state index in [1.165, 1.54) is 6.07 Å². The van der Waals surface area contributed by atoms with E-state index < -0.39 is 0 Å². The molecule has 1 aliphatic rings. The zero-order valence-corrected chi connectivity index (χ0v) is 18.0. The van der Waals surface area contributed by atoms with Crippen molar-refractivity contribution in [2.45, 2.75) is 6.92 Å². The Kier molecular flexibility index (Phi) is 5.49. The Morgan fingerprint density at radius 3 is 2.62 bits per heavy atom. The summed E-state index contributed by atoms with van der Waals surface area (Å²) in [4.78, 5) is 21.6. The third-order valence-electron chi connectivity index (χ3n) is 6.06. The number of rotatable bonds is 5. The van der Waals surface area contributed by atoms with Crippen molar-refractivity contribution in [2.24, 2.45) is 0 Å². The van der Waals surface area contributed by atoms with Crippen LogP contribution in [0.4, 0.5) is 10.1 Å². The number of aromatic nitrogens is 1. The number of hydrogen-bond acceptors (Lipinski definition) is 5. The highest BCUT2D eigenvalue weighted by atomic mass is 19.1. The molecular weight excluding hydrogens is 407 g/mol. The summed E-state index contributed by atoms with van der Waals surface area (Å²) in [7, 11) is 0. The molecule has 164 valence electrons. The van der Waals surface area contributed by atoms with Gasteiger partial charge in [-0.15, -0.1) is 0 Å². The van der Waals surface area contributed by atoms with Crippen molar-refractivity contribution in [1.29, 1.82) is 0 Å².